The lowest BCUT2D eigenvalue weighted by atomic mass is 9.74. The molecule has 5 nitrogen and oxygen atoms in total. The second-order valence-corrected chi connectivity index (χ2v) is 7.26. The summed E-state index contributed by atoms with van der Waals surface area (Å²) in [5, 5.41) is 13.2. The molecule has 1 aromatic carbocycles. The van der Waals surface area contributed by atoms with Crippen LogP contribution in [0.15, 0.2) is 24.3 Å². The van der Waals surface area contributed by atoms with E-state index in [4.69, 9.17) is 9.78 Å². The van der Waals surface area contributed by atoms with Crippen LogP contribution in [0.2, 0.25) is 0 Å². The topological polar surface area (TPSA) is 67.8 Å². The van der Waals surface area contributed by atoms with Gasteiger partial charge in [0.1, 0.15) is 11.9 Å². The zero-order valence-electron chi connectivity index (χ0n) is 15.1. The molecule has 0 spiro atoms. The Hall–Kier alpha value is -1.50. The molecule has 1 saturated carbocycles. The van der Waals surface area contributed by atoms with Crippen LogP contribution >= 0.6 is 0 Å². The number of carbonyl (C=O) groups is 1. The monoisotopic (exact) mass is 353 g/mol. The van der Waals surface area contributed by atoms with E-state index in [2.05, 4.69) is 5.32 Å². The molecule has 0 radical (unpaired) electrons. The van der Waals surface area contributed by atoms with Crippen LogP contribution in [-0.2, 0) is 14.6 Å². The van der Waals surface area contributed by atoms with Crippen molar-refractivity contribution in [2.75, 3.05) is 6.61 Å². The second kappa shape index (κ2) is 8.74. The largest absolute Gasteiger partial charge is 0.394 e. The minimum absolute atomic E-state index is 0.100. The first kappa shape index (κ1) is 19.8. The number of nitrogens with one attached hydrogen (secondary N) is 1. The number of aliphatic hydroxyl groups is 1. The van der Waals surface area contributed by atoms with Crippen LogP contribution in [0.25, 0.3) is 0 Å². The lowest BCUT2D eigenvalue weighted by Gasteiger charge is -2.43. The van der Waals surface area contributed by atoms with E-state index in [1.165, 1.54) is 19.1 Å². The standard InChI is InChI=1S/C19H28FNO4/c1-13(23)24-25-18-10-5-4-9-16(18)19(2,3)21-17(12-22)14-7-6-8-15(20)11-14/h6-8,11,16-18,21-22H,4-5,9-10,12H2,1-3H3/t16-,17+,18+/m1/s1. The van der Waals surface area contributed by atoms with E-state index in [-0.39, 0.29) is 30.5 Å². The van der Waals surface area contributed by atoms with Gasteiger partial charge in [0.25, 0.3) is 0 Å². The quantitative estimate of drug-likeness (QED) is 0.582. The van der Waals surface area contributed by atoms with Gasteiger partial charge >= 0.3 is 5.97 Å². The molecule has 25 heavy (non-hydrogen) atoms. The van der Waals surface area contributed by atoms with Crippen LogP contribution in [0, 0.1) is 11.7 Å². The Kier molecular flexibility index (Phi) is 6.93. The molecule has 1 aliphatic rings. The van der Waals surface area contributed by atoms with E-state index in [1.807, 2.05) is 13.8 Å². The van der Waals surface area contributed by atoms with Gasteiger partial charge in [0.05, 0.1) is 12.6 Å². The Labute approximate surface area is 148 Å². The van der Waals surface area contributed by atoms with Crippen molar-refractivity contribution in [1.82, 2.24) is 5.32 Å². The first-order valence-electron chi connectivity index (χ1n) is 8.81. The summed E-state index contributed by atoms with van der Waals surface area (Å²) < 4.78 is 13.5. The maximum atomic E-state index is 13.5. The van der Waals surface area contributed by atoms with Crippen LogP contribution in [0.5, 0.6) is 0 Å². The van der Waals surface area contributed by atoms with Crippen LogP contribution < -0.4 is 5.32 Å². The fraction of sp³-hybridized carbons (Fsp3) is 0.632. The normalized spacial score (nSPS) is 22.4. The highest BCUT2D eigenvalue weighted by atomic mass is 19.1. The number of aliphatic hydroxyl groups excluding tert-OH is 1. The third-order valence-corrected chi connectivity index (χ3v) is 4.90. The number of hydrogen-bond acceptors (Lipinski definition) is 5. The van der Waals surface area contributed by atoms with Crippen molar-refractivity contribution in [1.29, 1.82) is 0 Å². The smallest absolute Gasteiger partial charge is 0.339 e. The van der Waals surface area contributed by atoms with Gasteiger partial charge in [-0.05, 0) is 44.4 Å². The molecular weight excluding hydrogens is 325 g/mol. The van der Waals surface area contributed by atoms with Crippen molar-refractivity contribution in [2.24, 2.45) is 5.92 Å². The van der Waals surface area contributed by atoms with Crippen LogP contribution in [0.1, 0.15) is 58.1 Å². The Bertz CT molecular complexity index is 578. The molecule has 2 N–H and O–H groups in total. The van der Waals surface area contributed by atoms with E-state index < -0.39 is 11.5 Å². The molecule has 0 aromatic heterocycles. The third-order valence-electron chi connectivity index (χ3n) is 4.90. The van der Waals surface area contributed by atoms with Crippen molar-refractivity contribution in [3.05, 3.63) is 35.6 Å². The molecule has 6 heteroatoms. The fourth-order valence-corrected chi connectivity index (χ4v) is 3.68. The lowest BCUT2D eigenvalue weighted by Crippen LogP contribution is -2.53. The lowest BCUT2D eigenvalue weighted by molar-refractivity contribution is -0.312. The summed E-state index contributed by atoms with van der Waals surface area (Å²) in [6.07, 6.45) is 3.62. The number of hydrogen-bond donors (Lipinski definition) is 2. The SMILES string of the molecule is CC(=O)OO[C@H]1CCCC[C@H]1C(C)(C)N[C@@H](CO)c1cccc(F)c1. The van der Waals surface area contributed by atoms with Gasteiger partial charge in [-0.25, -0.2) is 9.18 Å². The molecular formula is C19H28FNO4. The van der Waals surface area contributed by atoms with Crippen molar-refractivity contribution in [3.63, 3.8) is 0 Å². The highest BCUT2D eigenvalue weighted by molar-refractivity contribution is 5.65. The van der Waals surface area contributed by atoms with E-state index in [1.54, 1.807) is 12.1 Å². The molecule has 0 saturated heterocycles. The van der Waals surface area contributed by atoms with Crippen LogP contribution in [0.3, 0.4) is 0 Å². The van der Waals surface area contributed by atoms with Gasteiger partial charge in [-0.1, -0.05) is 25.0 Å². The highest BCUT2D eigenvalue weighted by Crippen LogP contribution is 2.36. The minimum atomic E-state index is -0.469. The van der Waals surface area contributed by atoms with Gasteiger partial charge in [-0.15, -0.1) is 0 Å². The summed E-state index contributed by atoms with van der Waals surface area (Å²) in [5.41, 5.74) is 0.300. The Morgan fingerprint density at radius 1 is 1.40 bits per heavy atom. The molecule has 3 atom stereocenters. The fourth-order valence-electron chi connectivity index (χ4n) is 3.68. The van der Waals surface area contributed by atoms with Gasteiger partial charge in [-0.3, -0.25) is 4.89 Å². The van der Waals surface area contributed by atoms with E-state index >= 15 is 0 Å². The maximum Gasteiger partial charge on any atom is 0.339 e. The number of halogens is 1. The second-order valence-electron chi connectivity index (χ2n) is 7.26. The van der Waals surface area contributed by atoms with Crippen LogP contribution in [-0.4, -0.2) is 29.3 Å². The number of benzene rings is 1. The highest BCUT2D eigenvalue weighted by Gasteiger charge is 2.40. The van der Waals surface area contributed by atoms with Crippen molar-refractivity contribution >= 4 is 5.97 Å². The first-order chi connectivity index (χ1) is 11.8. The molecule has 0 unspecified atom stereocenters. The maximum absolute atomic E-state index is 13.5. The molecule has 2 rings (SSSR count). The number of rotatable bonds is 7. The average Bonchev–Trinajstić information content (AvgIpc) is 2.58. The zero-order valence-corrected chi connectivity index (χ0v) is 15.1. The summed E-state index contributed by atoms with van der Waals surface area (Å²) in [6.45, 7) is 5.24. The Balaban J connectivity index is 2.12. The summed E-state index contributed by atoms with van der Waals surface area (Å²) in [4.78, 5) is 21.2. The molecule has 0 bridgehead atoms. The zero-order chi connectivity index (χ0) is 18.4. The molecule has 1 fully saturated rings. The number of carbonyl (C=O) groups excluding carboxylic acids is 1. The first-order valence-corrected chi connectivity index (χ1v) is 8.81. The predicted molar refractivity (Wildman–Crippen MR) is 92.0 cm³/mol. The van der Waals surface area contributed by atoms with Crippen molar-refractivity contribution in [2.45, 2.75) is 64.1 Å². The average molecular weight is 353 g/mol. The Morgan fingerprint density at radius 3 is 2.76 bits per heavy atom. The molecule has 1 aromatic rings. The third kappa shape index (κ3) is 5.49. The van der Waals surface area contributed by atoms with Gasteiger partial charge in [0, 0.05) is 18.4 Å². The predicted octanol–water partition coefficient (Wildman–Crippen LogP) is 3.28. The van der Waals surface area contributed by atoms with Gasteiger partial charge in [0.2, 0.25) is 0 Å². The summed E-state index contributed by atoms with van der Waals surface area (Å²) >= 11 is 0. The minimum Gasteiger partial charge on any atom is -0.394 e. The van der Waals surface area contributed by atoms with Gasteiger partial charge < -0.3 is 10.4 Å². The molecule has 0 heterocycles. The molecule has 0 amide bonds. The summed E-state index contributed by atoms with van der Waals surface area (Å²) in [7, 11) is 0. The molecule has 140 valence electrons. The molecule has 1 aliphatic carbocycles. The van der Waals surface area contributed by atoms with E-state index in [9.17, 15) is 14.3 Å². The van der Waals surface area contributed by atoms with Crippen LogP contribution in [0.4, 0.5) is 4.39 Å². The van der Waals surface area contributed by atoms with Crippen molar-refractivity contribution in [3.8, 4) is 0 Å². The summed E-state index contributed by atoms with van der Waals surface area (Å²) in [6, 6.07) is 5.85. The van der Waals surface area contributed by atoms with Gasteiger partial charge in [-0.2, -0.15) is 4.89 Å². The Morgan fingerprint density at radius 2 is 2.12 bits per heavy atom. The van der Waals surface area contributed by atoms with E-state index in [0.29, 0.717) is 5.56 Å². The molecule has 0 aliphatic heterocycles. The van der Waals surface area contributed by atoms with E-state index in [0.717, 1.165) is 25.7 Å². The van der Waals surface area contributed by atoms with Gasteiger partial charge in [0.15, 0.2) is 0 Å². The van der Waals surface area contributed by atoms with Crippen molar-refractivity contribution < 1.29 is 24.1 Å². The summed E-state index contributed by atoms with van der Waals surface area (Å²) in [5.74, 6) is -0.699.